The molecule has 0 aromatic carbocycles. The number of hydrogen-bond donors (Lipinski definition) is 1. The Labute approximate surface area is 92.2 Å². The minimum Gasteiger partial charge on any atom is -0.382 e. The summed E-state index contributed by atoms with van der Waals surface area (Å²) < 4.78 is 27.8. The molecular weight excluding hydrogens is 240 g/mol. The minimum absolute atomic E-state index is 0.136. The Balaban J connectivity index is 2.53. The molecule has 0 unspecified atom stereocenters. The Bertz CT molecular complexity index is 401. The van der Waals surface area contributed by atoms with Crippen LogP contribution in [0.5, 0.6) is 0 Å². The number of hydrogen-bond acceptors (Lipinski definition) is 6. The maximum Gasteiger partial charge on any atom is 0.273 e. The van der Waals surface area contributed by atoms with Gasteiger partial charge in [-0.2, -0.15) is 0 Å². The molecule has 1 heterocycles. The van der Waals surface area contributed by atoms with Crippen LogP contribution >= 0.6 is 11.3 Å². The highest BCUT2D eigenvalue weighted by Gasteiger charge is 2.16. The van der Waals surface area contributed by atoms with E-state index >= 15 is 0 Å². The second kappa shape index (κ2) is 5.52. The first kappa shape index (κ1) is 12.5. The highest BCUT2D eigenvalue weighted by atomic mass is 32.2. The lowest BCUT2D eigenvalue weighted by Gasteiger charge is -2.03. The van der Waals surface area contributed by atoms with Gasteiger partial charge in [-0.1, -0.05) is 4.89 Å². The van der Waals surface area contributed by atoms with Crippen LogP contribution in [0.1, 0.15) is 5.01 Å². The van der Waals surface area contributed by atoms with Crippen molar-refractivity contribution in [1.82, 2.24) is 9.87 Å². The molecule has 1 N–H and O–H groups in total. The van der Waals surface area contributed by atoms with E-state index in [0.717, 1.165) is 11.3 Å². The summed E-state index contributed by atoms with van der Waals surface area (Å²) in [6.07, 6.45) is 1.29. The van der Waals surface area contributed by atoms with Crippen molar-refractivity contribution >= 4 is 21.4 Å². The molecule has 0 atom stereocenters. The molecule has 0 saturated carbocycles. The van der Waals surface area contributed by atoms with Gasteiger partial charge in [-0.25, -0.2) is 13.4 Å². The van der Waals surface area contributed by atoms with Crippen LogP contribution in [-0.2, 0) is 19.6 Å². The van der Waals surface area contributed by atoms with Crippen LogP contribution in [0.3, 0.4) is 0 Å². The van der Waals surface area contributed by atoms with Crippen LogP contribution in [-0.4, -0.2) is 33.7 Å². The Morgan fingerprint density at radius 1 is 1.53 bits per heavy atom. The van der Waals surface area contributed by atoms with E-state index in [4.69, 9.17) is 9.57 Å². The van der Waals surface area contributed by atoms with Crippen LogP contribution in [0.2, 0.25) is 0 Å². The second-order valence-corrected chi connectivity index (χ2v) is 5.73. The standard InChI is InChI=1S/C7H12N2O4S2/c1-6-8-5-7(14-6)15(10,11)9-13-4-3-12-2/h5,9H,3-4H2,1-2H3. The van der Waals surface area contributed by atoms with Crippen molar-refractivity contribution in [2.45, 2.75) is 11.1 Å². The minimum atomic E-state index is -3.59. The first-order valence-electron chi connectivity index (χ1n) is 4.11. The molecule has 1 rings (SSSR count). The van der Waals surface area contributed by atoms with Crippen molar-refractivity contribution < 1.29 is 18.0 Å². The Kier molecular flexibility index (Phi) is 4.61. The highest BCUT2D eigenvalue weighted by molar-refractivity contribution is 7.91. The fourth-order valence-electron chi connectivity index (χ4n) is 0.751. The average molecular weight is 252 g/mol. The molecule has 0 amide bonds. The first-order valence-corrected chi connectivity index (χ1v) is 6.41. The highest BCUT2D eigenvalue weighted by Crippen LogP contribution is 2.17. The smallest absolute Gasteiger partial charge is 0.273 e. The normalized spacial score (nSPS) is 11.9. The summed E-state index contributed by atoms with van der Waals surface area (Å²) in [5.41, 5.74) is 0. The van der Waals surface area contributed by atoms with Crippen LogP contribution < -0.4 is 4.89 Å². The number of rotatable bonds is 6. The predicted molar refractivity (Wildman–Crippen MR) is 55.0 cm³/mol. The number of aryl methyl sites for hydroxylation is 1. The van der Waals surface area contributed by atoms with Gasteiger partial charge in [-0.05, 0) is 6.92 Å². The van der Waals surface area contributed by atoms with Crippen molar-refractivity contribution in [3.05, 3.63) is 11.2 Å². The first-order chi connectivity index (χ1) is 7.06. The lowest BCUT2D eigenvalue weighted by molar-refractivity contribution is 0.0439. The molecule has 0 aliphatic heterocycles. The van der Waals surface area contributed by atoms with Crippen LogP contribution in [0.15, 0.2) is 10.4 Å². The van der Waals surface area contributed by atoms with Gasteiger partial charge in [0.25, 0.3) is 10.0 Å². The SMILES string of the molecule is COCCONS(=O)(=O)c1cnc(C)s1. The number of aromatic nitrogens is 1. The molecule has 6 nitrogen and oxygen atoms in total. The lowest BCUT2D eigenvalue weighted by atomic mass is 10.8. The summed E-state index contributed by atoms with van der Waals surface area (Å²) in [6.45, 7) is 2.22. The molecule has 0 saturated heterocycles. The maximum absolute atomic E-state index is 11.5. The Morgan fingerprint density at radius 2 is 2.27 bits per heavy atom. The van der Waals surface area contributed by atoms with Gasteiger partial charge in [0.2, 0.25) is 0 Å². The number of thiazole rings is 1. The second-order valence-electron chi connectivity index (χ2n) is 2.63. The fourth-order valence-corrected chi connectivity index (χ4v) is 2.67. The van der Waals surface area contributed by atoms with E-state index in [-0.39, 0.29) is 10.8 Å². The molecule has 15 heavy (non-hydrogen) atoms. The summed E-state index contributed by atoms with van der Waals surface area (Å²) >= 11 is 1.09. The summed E-state index contributed by atoms with van der Waals surface area (Å²) in [7, 11) is -2.09. The molecule has 0 bridgehead atoms. The molecule has 0 spiro atoms. The number of nitrogens with one attached hydrogen (secondary N) is 1. The molecule has 0 fully saturated rings. The lowest BCUT2D eigenvalue weighted by Crippen LogP contribution is -2.25. The fraction of sp³-hybridized carbons (Fsp3) is 0.571. The third-order valence-corrected chi connectivity index (χ3v) is 4.01. The van der Waals surface area contributed by atoms with Gasteiger partial charge in [-0.15, -0.1) is 11.3 Å². The molecule has 8 heteroatoms. The molecule has 0 aliphatic rings. The third kappa shape index (κ3) is 3.84. The van der Waals surface area contributed by atoms with Gasteiger partial charge in [0, 0.05) is 7.11 Å². The number of sulfonamides is 1. The van der Waals surface area contributed by atoms with E-state index in [9.17, 15) is 8.42 Å². The number of nitrogens with zero attached hydrogens (tertiary/aromatic N) is 1. The van der Waals surface area contributed by atoms with E-state index in [1.807, 2.05) is 4.89 Å². The van der Waals surface area contributed by atoms with E-state index in [0.29, 0.717) is 11.6 Å². The van der Waals surface area contributed by atoms with E-state index in [1.54, 1.807) is 6.92 Å². The van der Waals surface area contributed by atoms with Crippen molar-refractivity contribution in [1.29, 1.82) is 0 Å². The monoisotopic (exact) mass is 252 g/mol. The summed E-state index contributed by atoms with van der Waals surface area (Å²) in [5, 5.41) is 0.687. The van der Waals surface area contributed by atoms with Gasteiger partial charge < -0.3 is 4.74 Å². The molecule has 86 valence electrons. The van der Waals surface area contributed by atoms with Crippen molar-refractivity contribution in [2.24, 2.45) is 0 Å². The van der Waals surface area contributed by atoms with E-state index < -0.39 is 10.0 Å². The van der Waals surface area contributed by atoms with Gasteiger partial charge in [0.15, 0.2) is 4.21 Å². The zero-order valence-corrected chi connectivity index (χ0v) is 10.0. The van der Waals surface area contributed by atoms with Crippen molar-refractivity contribution in [2.75, 3.05) is 20.3 Å². The number of ether oxygens (including phenoxy) is 1. The molecule has 0 radical (unpaired) electrons. The van der Waals surface area contributed by atoms with Gasteiger partial charge in [0.05, 0.1) is 24.4 Å². The van der Waals surface area contributed by atoms with Crippen LogP contribution in [0, 0.1) is 6.92 Å². The van der Waals surface area contributed by atoms with Gasteiger partial charge >= 0.3 is 0 Å². The van der Waals surface area contributed by atoms with E-state index in [2.05, 4.69) is 4.98 Å². The van der Waals surface area contributed by atoms with Crippen molar-refractivity contribution in [3.63, 3.8) is 0 Å². The summed E-state index contributed by atoms with van der Waals surface area (Å²) in [5.74, 6) is 0. The van der Waals surface area contributed by atoms with Crippen LogP contribution in [0.4, 0.5) is 0 Å². The zero-order valence-electron chi connectivity index (χ0n) is 8.39. The largest absolute Gasteiger partial charge is 0.382 e. The number of methoxy groups -OCH3 is 1. The predicted octanol–water partition coefficient (Wildman–Crippen LogP) is 0.308. The average Bonchev–Trinajstić information content (AvgIpc) is 2.60. The van der Waals surface area contributed by atoms with Gasteiger partial charge in [0.1, 0.15) is 0 Å². The topological polar surface area (TPSA) is 77.5 Å². The zero-order chi connectivity index (χ0) is 11.3. The van der Waals surface area contributed by atoms with E-state index in [1.165, 1.54) is 13.3 Å². The Hall–Kier alpha value is -0.540. The third-order valence-electron chi connectivity index (χ3n) is 1.42. The van der Waals surface area contributed by atoms with Gasteiger partial charge in [-0.3, -0.25) is 4.84 Å². The summed E-state index contributed by atoms with van der Waals surface area (Å²) in [4.78, 5) is 10.6. The van der Waals surface area contributed by atoms with Crippen LogP contribution in [0.25, 0.3) is 0 Å². The Morgan fingerprint density at radius 3 is 2.80 bits per heavy atom. The summed E-state index contributed by atoms with van der Waals surface area (Å²) in [6, 6.07) is 0. The quantitative estimate of drug-likeness (QED) is 0.582. The molecule has 1 aromatic heterocycles. The molecular formula is C7H12N2O4S2. The molecule has 0 aliphatic carbocycles. The maximum atomic E-state index is 11.5. The molecule has 1 aromatic rings. The van der Waals surface area contributed by atoms with Crippen molar-refractivity contribution in [3.8, 4) is 0 Å².